The second-order valence-electron chi connectivity index (χ2n) is 6.80. The molecule has 1 heterocycles. The summed E-state index contributed by atoms with van der Waals surface area (Å²) in [5.41, 5.74) is 10.5. The molecule has 0 aliphatic heterocycles. The molecular weight excluding hydrogens is 244 g/mol. The van der Waals surface area contributed by atoms with E-state index in [9.17, 15) is 0 Å². The zero-order chi connectivity index (χ0) is 13.9. The molecule has 1 aliphatic carbocycles. The first kappa shape index (κ1) is 12.0. The monoisotopic (exact) mass is 264 g/mol. The molecule has 1 aromatic heterocycles. The summed E-state index contributed by atoms with van der Waals surface area (Å²) in [5, 5.41) is 2.57. The van der Waals surface area contributed by atoms with Crippen LogP contribution in [0.4, 0.5) is 0 Å². The van der Waals surface area contributed by atoms with E-state index in [2.05, 4.69) is 61.3 Å². The van der Waals surface area contributed by atoms with Crippen molar-refractivity contribution in [1.82, 2.24) is 4.98 Å². The van der Waals surface area contributed by atoms with Gasteiger partial charge >= 0.3 is 0 Å². The summed E-state index contributed by atoms with van der Waals surface area (Å²) in [5.74, 6) is 0.616. The Kier molecular flexibility index (Phi) is 2.31. The van der Waals surface area contributed by atoms with Crippen molar-refractivity contribution >= 4 is 21.8 Å². The van der Waals surface area contributed by atoms with Gasteiger partial charge in [-0.15, -0.1) is 0 Å². The third-order valence-corrected chi connectivity index (χ3v) is 4.94. The van der Waals surface area contributed by atoms with Crippen LogP contribution >= 0.6 is 0 Å². The number of nitrogens with one attached hydrogen (secondary N) is 1. The molecule has 3 aromatic rings. The highest BCUT2D eigenvalue weighted by molar-refractivity contribution is 6.07. The van der Waals surface area contributed by atoms with Crippen molar-refractivity contribution in [2.24, 2.45) is 17.1 Å². The zero-order valence-corrected chi connectivity index (χ0v) is 12.0. The normalized spacial score (nSPS) is 22.2. The highest BCUT2D eigenvalue weighted by Crippen LogP contribution is 2.57. The Hall–Kier alpha value is -1.80. The Morgan fingerprint density at radius 1 is 1.10 bits per heavy atom. The van der Waals surface area contributed by atoms with E-state index in [0.29, 0.717) is 11.3 Å². The lowest BCUT2D eigenvalue weighted by Gasteiger charge is -2.14. The maximum absolute atomic E-state index is 6.47. The fourth-order valence-electron chi connectivity index (χ4n) is 3.43. The molecule has 0 saturated heterocycles. The minimum absolute atomic E-state index is 0.156. The number of benzene rings is 2. The fourth-order valence-corrected chi connectivity index (χ4v) is 3.43. The molecule has 0 radical (unpaired) electrons. The Balaban J connectivity index is 1.84. The third kappa shape index (κ3) is 1.68. The van der Waals surface area contributed by atoms with Gasteiger partial charge < -0.3 is 10.7 Å². The van der Waals surface area contributed by atoms with Crippen molar-refractivity contribution in [1.29, 1.82) is 0 Å². The molecule has 0 amide bonds. The van der Waals surface area contributed by atoms with Crippen molar-refractivity contribution in [3.63, 3.8) is 0 Å². The van der Waals surface area contributed by atoms with E-state index in [1.165, 1.54) is 33.8 Å². The molecular formula is C18H20N2. The molecule has 0 spiro atoms. The van der Waals surface area contributed by atoms with E-state index in [1.54, 1.807) is 0 Å². The van der Waals surface area contributed by atoms with Crippen LogP contribution in [0.1, 0.15) is 31.9 Å². The van der Waals surface area contributed by atoms with Gasteiger partial charge in [-0.2, -0.15) is 0 Å². The summed E-state index contributed by atoms with van der Waals surface area (Å²) in [7, 11) is 0. The van der Waals surface area contributed by atoms with Crippen LogP contribution < -0.4 is 5.73 Å². The largest absolute Gasteiger partial charge is 0.355 e. The molecule has 2 atom stereocenters. The number of aromatic amines is 1. The van der Waals surface area contributed by atoms with Crippen LogP contribution in [0.2, 0.25) is 0 Å². The third-order valence-electron chi connectivity index (χ3n) is 4.94. The molecule has 2 nitrogen and oxygen atoms in total. The van der Waals surface area contributed by atoms with Crippen LogP contribution in [0.25, 0.3) is 21.8 Å². The quantitative estimate of drug-likeness (QED) is 0.709. The van der Waals surface area contributed by atoms with Crippen LogP contribution in [0, 0.1) is 11.3 Å². The Morgan fingerprint density at radius 3 is 2.55 bits per heavy atom. The summed E-state index contributed by atoms with van der Waals surface area (Å²) in [4.78, 5) is 3.46. The molecule has 1 fully saturated rings. The maximum Gasteiger partial charge on any atom is 0.0465 e. The molecule has 2 unspecified atom stereocenters. The van der Waals surface area contributed by atoms with Crippen molar-refractivity contribution in [3.05, 3.63) is 48.0 Å². The van der Waals surface area contributed by atoms with Gasteiger partial charge in [0.2, 0.25) is 0 Å². The second kappa shape index (κ2) is 3.86. The van der Waals surface area contributed by atoms with E-state index in [1.807, 2.05) is 0 Å². The number of hydrogen-bond donors (Lipinski definition) is 2. The van der Waals surface area contributed by atoms with Crippen molar-refractivity contribution < 1.29 is 0 Å². The lowest BCUT2D eigenvalue weighted by atomic mass is 9.96. The van der Waals surface area contributed by atoms with E-state index < -0.39 is 0 Å². The van der Waals surface area contributed by atoms with Crippen LogP contribution in [0.15, 0.2) is 42.5 Å². The highest BCUT2D eigenvalue weighted by atomic mass is 14.7. The molecule has 3 N–H and O–H groups in total. The molecule has 1 aliphatic rings. The first-order valence-electron chi connectivity index (χ1n) is 7.32. The summed E-state index contributed by atoms with van der Waals surface area (Å²) in [6.07, 6.45) is 1.24. The zero-order valence-electron chi connectivity index (χ0n) is 12.0. The molecule has 102 valence electrons. The molecule has 1 saturated carbocycles. The molecule has 2 aromatic carbocycles. The van der Waals surface area contributed by atoms with Crippen LogP contribution in [-0.2, 0) is 0 Å². The van der Waals surface area contributed by atoms with E-state index in [0.717, 1.165) is 0 Å². The number of fused-ring (bicyclic) bond motifs is 3. The number of para-hydroxylation sites is 1. The van der Waals surface area contributed by atoms with Gasteiger partial charge in [-0.25, -0.2) is 0 Å². The topological polar surface area (TPSA) is 41.8 Å². The number of aromatic nitrogens is 1. The van der Waals surface area contributed by atoms with Gasteiger partial charge in [-0.05, 0) is 41.5 Å². The van der Waals surface area contributed by atoms with Crippen LogP contribution in [0.3, 0.4) is 0 Å². The van der Waals surface area contributed by atoms with Gasteiger partial charge in [0, 0.05) is 27.8 Å². The predicted molar refractivity (Wildman–Crippen MR) is 84.6 cm³/mol. The van der Waals surface area contributed by atoms with Gasteiger partial charge in [-0.1, -0.05) is 38.1 Å². The molecule has 4 rings (SSSR count). The SMILES string of the molecule is CC1(C)CC1C(N)c1ccc2[nH]c3ccccc3c2c1. The Labute approximate surface area is 119 Å². The first-order valence-corrected chi connectivity index (χ1v) is 7.32. The molecule has 20 heavy (non-hydrogen) atoms. The van der Waals surface area contributed by atoms with Gasteiger partial charge in [0.25, 0.3) is 0 Å². The summed E-state index contributed by atoms with van der Waals surface area (Å²) in [6, 6.07) is 15.2. The van der Waals surface area contributed by atoms with Gasteiger partial charge in [0.15, 0.2) is 0 Å². The van der Waals surface area contributed by atoms with Crippen LogP contribution in [-0.4, -0.2) is 4.98 Å². The number of H-pyrrole nitrogens is 1. The van der Waals surface area contributed by atoms with Gasteiger partial charge in [0.1, 0.15) is 0 Å². The highest BCUT2D eigenvalue weighted by Gasteiger charge is 2.49. The average molecular weight is 264 g/mol. The van der Waals surface area contributed by atoms with Gasteiger partial charge in [-0.3, -0.25) is 0 Å². The van der Waals surface area contributed by atoms with E-state index in [-0.39, 0.29) is 6.04 Å². The first-order chi connectivity index (χ1) is 9.56. The summed E-state index contributed by atoms with van der Waals surface area (Å²) in [6.45, 7) is 4.61. The summed E-state index contributed by atoms with van der Waals surface area (Å²) >= 11 is 0. The Morgan fingerprint density at radius 2 is 1.80 bits per heavy atom. The van der Waals surface area contributed by atoms with E-state index in [4.69, 9.17) is 5.73 Å². The number of rotatable bonds is 2. The second-order valence-corrected chi connectivity index (χ2v) is 6.80. The smallest absolute Gasteiger partial charge is 0.0465 e. The van der Waals surface area contributed by atoms with Crippen LogP contribution in [0.5, 0.6) is 0 Å². The lowest BCUT2D eigenvalue weighted by molar-refractivity contribution is 0.492. The number of nitrogens with two attached hydrogens (primary N) is 1. The van der Waals surface area contributed by atoms with Crippen molar-refractivity contribution in [2.75, 3.05) is 0 Å². The Bertz CT molecular complexity index is 797. The van der Waals surface area contributed by atoms with Crippen molar-refractivity contribution in [3.8, 4) is 0 Å². The minimum atomic E-state index is 0.156. The average Bonchev–Trinajstić information content (AvgIpc) is 2.93. The maximum atomic E-state index is 6.47. The minimum Gasteiger partial charge on any atom is -0.355 e. The fraction of sp³-hybridized carbons (Fsp3) is 0.333. The number of hydrogen-bond acceptors (Lipinski definition) is 1. The standard InChI is InChI=1S/C18H20N2/c1-18(2)10-14(18)17(19)11-7-8-16-13(9-11)12-5-3-4-6-15(12)20-16/h3-9,14,17,20H,10,19H2,1-2H3. The summed E-state index contributed by atoms with van der Waals surface area (Å²) < 4.78 is 0. The van der Waals surface area contributed by atoms with Crippen molar-refractivity contribution in [2.45, 2.75) is 26.3 Å². The van der Waals surface area contributed by atoms with Gasteiger partial charge in [0.05, 0.1) is 0 Å². The predicted octanol–water partition coefficient (Wildman–Crippen LogP) is 4.37. The van der Waals surface area contributed by atoms with E-state index >= 15 is 0 Å². The molecule has 2 heteroatoms. The molecule has 0 bridgehead atoms. The lowest BCUT2D eigenvalue weighted by Crippen LogP contribution is -2.15.